The second-order valence-electron chi connectivity index (χ2n) is 6.97. The summed E-state index contributed by atoms with van der Waals surface area (Å²) >= 11 is 0. The number of amides is 1. The van der Waals surface area contributed by atoms with Gasteiger partial charge in [-0.05, 0) is 37.6 Å². The number of carbonyl (C=O) groups excluding carboxylic acids is 1. The molecule has 4 heteroatoms. The minimum Gasteiger partial charge on any atom is -0.378 e. The SMILES string of the molecule is Cc1ccc(-n2c(-c3ccccc3)cc(C(=O)N3CCOCC3)c2C)cc1. The van der Waals surface area contributed by atoms with Crippen LogP contribution in [0, 0.1) is 13.8 Å². The van der Waals surface area contributed by atoms with Crippen LogP contribution >= 0.6 is 0 Å². The van der Waals surface area contributed by atoms with E-state index < -0.39 is 0 Å². The first-order valence-electron chi connectivity index (χ1n) is 9.37. The Morgan fingerprint density at radius 3 is 2.26 bits per heavy atom. The van der Waals surface area contributed by atoms with E-state index in [4.69, 9.17) is 4.74 Å². The maximum absolute atomic E-state index is 13.2. The van der Waals surface area contributed by atoms with Crippen molar-refractivity contribution in [1.82, 2.24) is 9.47 Å². The van der Waals surface area contributed by atoms with E-state index >= 15 is 0 Å². The average Bonchev–Trinajstić information content (AvgIpc) is 3.06. The van der Waals surface area contributed by atoms with Gasteiger partial charge in [0.1, 0.15) is 0 Å². The third-order valence-electron chi connectivity index (χ3n) is 5.14. The number of rotatable bonds is 3. The average molecular weight is 360 g/mol. The first kappa shape index (κ1) is 17.6. The minimum atomic E-state index is 0.0823. The van der Waals surface area contributed by atoms with E-state index in [0.29, 0.717) is 26.3 Å². The number of ether oxygens (including phenoxy) is 1. The lowest BCUT2D eigenvalue weighted by Crippen LogP contribution is -2.40. The summed E-state index contributed by atoms with van der Waals surface area (Å²) in [6.45, 7) is 6.62. The fourth-order valence-electron chi connectivity index (χ4n) is 3.61. The highest BCUT2D eigenvalue weighted by Gasteiger charge is 2.24. The van der Waals surface area contributed by atoms with Crippen molar-refractivity contribution in [1.29, 1.82) is 0 Å². The molecule has 4 nitrogen and oxygen atoms in total. The Bertz CT molecular complexity index is 937. The Hall–Kier alpha value is -2.85. The van der Waals surface area contributed by atoms with Crippen LogP contribution in [0.5, 0.6) is 0 Å². The van der Waals surface area contributed by atoms with Crippen molar-refractivity contribution < 1.29 is 9.53 Å². The zero-order valence-corrected chi connectivity index (χ0v) is 15.8. The predicted octanol–water partition coefficient (Wildman–Crippen LogP) is 4.23. The highest BCUT2D eigenvalue weighted by Crippen LogP contribution is 2.30. The smallest absolute Gasteiger partial charge is 0.255 e. The second kappa shape index (κ2) is 7.41. The van der Waals surface area contributed by atoms with Crippen LogP contribution in [0.4, 0.5) is 0 Å². The van der Waals surface area contributed by atoms with Gasteiger partial charge in [0.2, 0.25) is 0 Å². The Labute approximate surface area is 160 Å². The zero-order chi connectivity index (χ0) is 18.8. The molecule has 0 saturated carbocycles. The van der Waals surface area contributed by atoms with E-state index in [2.05, 4.69) is 47.9 Å². The first-order valence-corrected chi connectivity index (χ1v) is 9.37. The van der Waals surface area contributed by atoms with Gasteiger partial charge in [-0.25, -0.2) is 0 Å². The third-order valence-corrected chi connectivity index (χ3v) is 5.14. The molecule has 0 atom stereocenters. The quantitative estimate of drug-likeness (QED) is 0.700. The van der Waals surface area contributed by atoms with Crippen LogP contribution in [0.1, 0.15) is 21.6 Å². The molecule has 0 aliphatic carbocycles. The Balaban J connectivity index is 1.84. The molecule has 1 amide bonds. The lowest BCUT2D eigenvalue weighted by Gasteiger charge is -2.26. The summed E-state index contributed by atoms with van der Waals surface area (Å²) in [6.07, 6.45) is 0. The molecule has 138 valence electrons. The molecule has 1 aliphatic heterocycles. The normalized spacial score (nSPS) is 14.4. The molecule has 4 rings (SSSR count). The van der Waals surface area contributed by atoms with E-state index in [9.17, 15) is 4.79 Å². The number of hydrogen-bond donors (Lipinski definition) is 0. The van der Waals surface area contributed by atoms with Crippen molar-refractivity contribution in [2.45, 2.75) is 13.8 Å². The van der Waals surface area contributed by atoms with E-state index in [1.54, 1.807) is 0 Å². The molecule has 2 heterocycles. The molecule has 1 aromatic heterocycles. The summed E-state index contributed by atoms with van der Waals surface area (Å²) in [4.78, 5) is 15.0. The number of benzene rings is 2. The number of morpholine rings is 1. The highest BCUT2D eigenvalue weighted by atomic mass is 16.5. The van der Waals surface area contributed by atoms with Gasteiger partial charge in [0, 0.05) is 24.5 Å². The van der Waals surface area contributed by atoms with Crippen LogP contribution in [0.3, 0.4) is 0 Å². The van der Waals surface area contributed by atoms with Gasteiger partial charge < -0.3 is 14.2 Å². The zero-order valence-electron chi connectivity index (χ0n) is 15.8. The van der Waals surface area contributed by atoms with Gasteiger partial charge >= 0.3 is 0 Å². The molecule has 0 bridgehead atoms. The maximum atomic E-state index is 13.2. The topological polar surface area (TPSA) is 34.5 Å². The highest BCUT2D eigenvalue weighted by molar-refractivity contribution is 5.97. The number of nitrogens with zero attached hydrogens (tertiary/aromatic N) is 2. The molecule has 3 aromatic rings. The molecule has 0 unspecified atom stereocenters. The largest absolute Gasteiger partial charge is 0.378 e. The molecular weight excluding hydrogens is 336 g/mol. The fraction of sp³-hybridized carbons (Fsp3) is 0.261. The van der Waals surface area contributed by atoms with Crippen LogP contribution in [0.2, 0.25) is 0 Å². The fourth-order valence-corrected chi connectivity index (χ4v) is 3.61. The molecule has 1 fully saturated rings. The summed E-state index contributed by atoms with van der Waals surface area (Å²) < 4.78 is 7.58. The van der Waals surface area contributed by atoms with Crippen LogP contribution < -0.4 is 0 Å². The monoisotopic (exact) mass is 360 g/mol. The Morgan fingerprint density at radius 1 is 0.926 bits per heavy atom. The second-order valence-corrected chi connectivity index (χ2v) is 6.97. The molecule has 2 aromatic carbocycles. The lowest BCUT2D eigenvalue weighted by molar-refractivity contribution is 0.0302. The summed E-state index contributed by atoms with van der Waals surface area (Å²) in [6, 6.07) is 20.7. The van der Waals surface area contributed by atoms with Gasteiger partial charge in [-0.15, -0.1) is 0 Å². The van der Waals surface area contributed by atoms with E-state index in [0.717, 1.165) is 28.2 Å². The molecule has 27 heavy (non-hydrogen) atoms. The van der Waals surface area contributed by atoms with Crippen LogP contribution in [0.15, 0.2) is 60.7 Å². The summed E-state index contributed by atoms with van der Waals surface area (Å²) in [5.41, 5.74) is 6.15. The predicted molar refractivity (Wildman–Crippen MR) is 107 cm³/mol. The third kappa shape index (κ3) is 3.40. The van der Waals surface area contributed by atoms with Gasteiger partial charge in [-0.2, -0.15) is 0 Å². The number of carbonyl (C=O) groups is 1. The van der Waals surface area contributed by atoms with Crippen molar-refractivity contribution >= 4 is 5.91 Å². The van der Waals surface area contributed by atoms with E-state index in [-0.39, 0.29) is 5.91 Å². The molecular formula is C23H24N2O2. The van der Waals surface area contributed by atoms with Gasteiger partial charge in [-0.1, -0.05) is 48.0 Å². The standard InChI is InChI=1S/C23H24N2O2/c1-17-8-10-20(11-9-17)25-18(2)21(23(26)24-12-14-27-15-13-24)16-22(25)19-6-4-3-5-7-19/h3-11,16H,12-15H2,1-2H3. The Kier molecular flexibility index (Phi) is 4.82. The summed E-state index contributed by atoms with van der Waals surface area (Å²) in [7, 11) is 0. The van der Waals surface area contributed by atoms with Crippen molar-refractivity contribution in [3.05, 3.63) is 77.5 Å². The molecule has 1 aliphatic rings. The minimum absolute atomic E-state index is 0.0823. The van der Waals surface area contributed by atoms with Gasteiger partial charge in [0.25, 0.3) is 5.91 Å². The lowest BCUT2D eigenvalue weighted by atomic mass is 10.1. The maximum Gasteiger partial charge on any atom is 0.255 e. The summed E-state index contributed by atoms with van der Waals surface area (Å²) in [5, 5.41) is 0. The van der Waals surface area contributed by atoms with Crippen molar-refractivity contribution in [2.75, 3.05) is 26.3 Å². The Morgan fingerprint density at radius 2 is 1.59 bits per heavy atom. The van der Waals surface area contributed by atoms with Gasteiger partial charge in [0.15, 0.2) is 0 Å². The van der Waals surface area contributed by atoms with Crippen LogP contribution in [-0.4, -0.2) is 41.7 Å². The van der Waals surface area contributed by atoms with Crippen LogP contribution in [0.25, 0.3) is 16.9 Å². The van der Waals surface area contributed by atoms with E-state index in [1.807, 2.05) is 36.1 Å². The molecule has 0 spiro atoms. The van der Waals surface area contributed by atoms with Crippen molar-refractivity contribution in [3.8, 4) is 16.9 Å². The van der Waals surface area contributed by atoms with Crippen LogP contribution in [-0.2, 0) is 4.74 Å². The number of hydrogen-bond acceptors (Lipinski definition) is 2. The van der Waals surface area contributed by atoms with E-state index in [1.165, 1.54) is 5.56 Å². The number of aromatic nitrogens is 1. The van der Waals surface area contributed by atoms with Crippen molar-refractivity contribution in [3.63, 3.8) is 0 Å². The number of aryl methyl sites for hydroxylation is 1. The first-order chi connectivity index (χ1) is 13.1. The molecule has 0 N–H and O–H groups in total. The molecule has 0 radical (unpaired) electrons. The van der Waals surface area contributed by atoms with Gasteiger partial charge in [-0.3, -0.25) is 4.79 Å². The summed E-state index contributed by atoms with van der Waals surface area (Å²) in [5.74, 6) is 0.0823. The van der Waals surface area contributed by atoms with Gasteiger partial charge in [0.05, 0.1) is 24.5 Å². The molecule has 1 saturated heterocycles. The van der Waals surface area contributed by atoms with Crippen molar-refractivity contribution in [2.24, 2.45) is 0 Å².